The number of hydrogen-bond acceptors (Lipinski definition) is 2. The summed E-state index contributed by atoms with van der Waals surface area (Å²) in [6, 6.07) is 13.8. The smallest absolute Gasteiger partial charge is 0.221 e. The van der Waals surface area contributed by atoms with Crippen molar-refractivity contribution < 1.29 is 9.59 Å². The van der Waals surface area contributed by atoms with Crippen molar-refractivity contribution in [1.82, 2.24) is 0 Å². The highest BCUT2D eigenvalue weighted by Gasteiger charge is 2.16. The number of anilines is 1. The van der Waals surface area contributed by atoms with Crippen molar-refractivity contribution in [1.29, 1.82) is 0 Å². The molecule has 0 aromatic heterocycles. The van der Waals surface area contributed by atoms with Crippen LogP contribution in [0.2, 0.25) is 5.02 Å². The van der Waals surface area contributed by atoms with Crippen LogP contribution in [0, 0.1) is 0 Å². The van der Waals surface area contributed by atoms with Crippen molar-refractivity contribution in [2.75, 3.05) is 5.32 Å². The van der Waals surface area contributed by atoms with Gasteiger partial charge in [-0.3, -0.25) is 9.59 Å². The molecule has 2 aromatic carbocycles. The van der Waals surface area contributed by atoms with Crippen LogP contribution >= 0.6 is 11.6 Å². The monoisotopic (exact) mass is 273 g/mol. The lowest BCUT2D eigenvalue weighted by Crippen LogP contribution is -2.12. The first-order valence-corrected chi connectivity index (χ1v) is 6.13. The van der Waals surface area contributed by atoms with Crippen LogP contribution in [0.25, 0.3) is 0 Å². The number of carbonyl (C=O) groups excluding carboxylic acids is 2. The van der Waals surface area contributed by atoms with Crippen molar-refractivity contribution in [2.45, 2.75) is 6.92 Å². The summed E-state index contributed by atoms with van der Waals surface area (Å²) in [6.45, 7) is 1.38. The van der Waals surface area contributed by atoms with Crippen LogP contribution < -0.4 is 5.32 Å². The van der Waals surface area contributed by atoms with Crippen LogP contribution in [0.3, 0.4) is 0 Å². The van der Waals surface area contributed by atoms with E-state index in [2.05, 4.69) is 5.32 Å². The SMILES string of the molecule is CC(=O)Nc1c(Cl)cccc1C(=O)c1ccccc1. The van der Waals surface area contributed by atoms with E-state index in [1.807, 2.05) is 6.07 Å². The minimum Gasteiger partial charge on any atom is -0.324 e. The van der Waals surface area contributed by atoms with Crippen molar-refractivity contribution in [3.63, 3.8) is 0 Å². The number of nitrogens with one attached hydrogen (secondary N) is 1. The number of benzene rings is 2. The molecule has 0 aliphatic rings. The summed E-state index contributed by atoms with van der Waals surface area (Å²) in [4.78, 5) is 23.6. The fraction of sp³-hybridized carbons (Fsp3) is 0.0667. The van der Waals surface area contributed by atoms with E-state index < -0.39 is 0 Å². The molecule has 0 bridgehead atoms. The van der Waals surface area contributed by atoms with Gasteiger partial charge in [-0.05, 0) is 12.1 Å². The standard InChI is InChI=1S/C15H12ClNO2/c1-10(18)17-14-12(8-5-9-13(14)16)15(19)11-6-3-2-4-7-11/h2-9H,1H3,(H,17,18). The molecule has 0 aliphatic carbocycles. The third kappa shape index (κ3) is 3.01. The zero-order chi connectivity index (χ0) is 13.8. The zero-order valence-electron chi connectivity index (χ0n) is 10.3. The maximum atomic E-state index is 12.4. The van der Waals surface area contributed by atoms with Gasteiger partial charge in [-0.25, -0.2) is 0 Å². The Morgan fingerprint density at radius 1 is 1.00 bits per heavy atom. The summed E-state index contributed by atoms with van der Waals surface area (Å²) in [5, 5.41) is 2.95. The summed E-state index contributed by atoms with van der Waals surface area (Å²) in [5.74, 6) is -0.443. The number of para-hydroxylation sites is 1. The van der Waals surface area contributed by atoms with Crippen LogP contribution in [0.4, 0.5) is 5.69 Å². The first kappa shape index (κ1) is 13.3. The van der Waals surface area contributed by atoms with E-state index in [0.717, 1.165) is 0 Å². The molecule has 2 aromatic rings. The van der Waals surface area contributed by atoms with E-state index in [9.17, 15) is 9.59 Å². The first-order chi connectivity index (χ1) is 9.09. The van der Waals surface area contributed by atoms with Crippen molar-refractivity contribution in [2.24, 2.45) is 0 Å². The lowest BCUT2D eigenvalue weighted by molar-refractivity contribution is -0.114. The third-order valence-corrected chi connectivity index (χ3v) is 2.91. The van der Waals surface area contributed by atoms with Crippen LogP contribution in [0.15, 0.2) is 48.5 Å². The second-order valence-electron chi connectivity index (χ2n) is 4.04. The van der Waals surface area contributed by atoms with Gasteiger partial charge in [-0.15, -0.1) is 0 Å². The van der Waals surface area contributed by atoms with Crippen LogP contribution in [-0.4, -0.2) is 11.7 Å². The Kier molecular flexibility index (Phi) is 3.97. The average molecular weight is 274 g/mol. The molecular formula is C15H12ClNO2. The molecule has 0 fully saturated rings. The molecule has 0 atom stereocenters. The number of carbonyl (C=O) groups is 2. The van der Waals surface area contributed by atoms with Crippen molar-refractivity contribution in [3.8, 4) is 0 Å². The number of amides is 1. The lowest BCUT2D eigenvalue weighted by atomic mass is 10.0. The Morgan fingerprint density at radius 3 is 2.32 bits per heavy atom. The summed E-state index contributed by atoms with van der Waals surface area (Å²) >= 11 is 6.04. The fourth-order valence-corrected chi connectivity index (χ4v) is 1.98. The number of hydrogen-bond donors (Lipinski definition) is 1. The third-order valence-electron chi connectivity index (χ3n) is 2.60. The molecule has 3 nitrogen and oxygen atoms in total. The lowest BCUT2D eigenvalue weighted by Gasteiger charge is -2.11. The molecule has 0 spiro atoms. The highest BCUT2D eigenvalue weighted by molar-refractivity contribution is 6.35. The van der Waals surface area contributed by atoms with Crippen LogP contribution in [-0.2, 0) is 4.79 Å². The van der Waals surface area contributed by atoms with Gasteiger partial charge in [-0.2, -0.15) is 0 Å². The summed E-state index contributed by atoms with van der Waals surface area (Å²) in [5.41, 5.74) is 1.29. The van der Waals surface area contributed by atoms with Gasteiger partial charge in [0, 0.05) is 18.1 Å². The van der Waals surface area contributed by atoms with Crippen LogP contribution in [0.1, 0.15) is 22.8 Å². The fourth-order valence-electron chi connectivity index (χ4n) is 1.76. The Morgan fingerprint density at radius 2 is 1.68 bits per heavy atom. The molecule has 1 N–H and O–H groups in total. The molecule has 96 valence electrons. The van der Waals surface area contributed by atoms with E-state index in [1.165, 1.54) is 6.92 Å². The molecule has 0 heterocycles. The first-order valence-electron chi connectivity index (χ1n) is 5.75. The number of halogens is 1. The van der Waals surface area contributed by atoms with Gasteiger partial charge in [0.25, 0.3) is 0 Å². The topological polar surface area (TPSA) is 46.2 Å². The summed E-state index contributed by atoms with van der Waals surface area (Å²) in [7, 11) is 0. The Hall–Kier alpha value is -2.13. The molecular weight excluding hydrogens is 262 g/mol. The highest BCUT2D eigenvalue weighted by Crippen LogP contribution is 2.27. The molecule has 1 amide bonds. The van der Waals surface area contributed by atoms with E-state index in [-0.39, 0.29) is 11.7 Å². The molecule has 0 aliphatic heterocycles. The molecule has 0 saturated heterocycles. The second kappa shape index (κ2) is 5.67. The zero-order valence-corrected chi connectivity index (χ0v) is 11.1. The van der Waals surface area contributed by atoms with E-state index in [1.54, 1.807) is 42.5 Å². The van der Waals surface area contributed by atoms with E-state index in [4.69, 9.17) is 11.6 Å². The largest absolute Gasteiger partial charge is 0.324 e. The predicted molar refractivity (Wildman–Crippen MR) is 75.6 cm³/mol. The van der Waals surface area contributed by atoms with Gasteiger partial charge in [0.2, 0.25) is 5.91 Å². The number of rotatable bonds is 3. The minimum absolute atomic E-state index is 0.174. The molecule has 0 radical (unpaired) electrons. The quantitative estimate of drug-likeness (QED) is 0.870. The Labute approximate surface area is 116 Å². The second-order valence-corrected chi connectivity index (χ2v) is 4.45. The maximum absolute atomic E-state index is 12.4. The molecule has 2 rings (SSSR count). The summed E-state index contributed by atoms with van der Waals surface area (Å²) < 4.78 is 0. The minimum atomic E-state index is -0.268. The maximum Gasteiger partial charge on any atom is 0.221 e. The Bertz CT molecular complexity index is 623. The predicted octanol–water partition coefficient (Wildman–Crippen LogP) is 3.53. The van der Waals surface area contributed by atoms with E-state index >= 15 is 0 Å². The van der Waals surface area contributed by atoms with Gasteiger partial charge in [0.05, 0.1) is 10.7 Å². The van der Waals surface area contributed by atoms with Gasteiger partial charge in [0.15, 0.2) is 5.78 Å². The summed E-state index contributed by atoms with van der Waals surface area (Å²) in [6.07, 6.45) is 0. The van der Waals surface area contributed by atoms with Crippen molar-refractivity contribution >= 4 is 29.0 Å². The van der Waals surface area contributed by atoms with Crippen LogP contribution in [0.5, 0.6) is 0 Å². The molecule has 0 unspecified atom stereocenters. The van der Waals surface area contributed by atoms with E-state index in [0.29, 0.717) is 21.8 Å². The van der Waals surface area contributed by atoms with Gasteiger partial charge in [0.1, 0.15) is 0 Å². The van der Waals surface area contributed by atoms with Gasteiger partial charge >= 0.3 is 0 Å². The van der Waals surface area contributed by atoms with Gasteiger partial charge in [-0.1, -0.05) is 48.0 Å². The molecule has 19 heavy (non-hydrogen) atoms. The normalized spacial score (nSPS) is 10.0. The highest BCUT2D eigenvalue weighted by atomic mass is 35.5. The Balaban J connectivity index is 2.48. The molecule has 4 heteroatoms. The average Bonchev–Trinajstić information content (AvgIpc) is 2.41. The van der Waals surface area contributed by atoms with Crippen molar-refractivity contribution in [3.05, 3.63) is 64.7 Å². The van der Waals surface area contributed by atoms with Gasteiger partial charge < -0.3 is 5.32 Å². The number of ketones is 1. The molecule has 0 saturated carbocycles.